The smallest absolute Gasteiger partial charge is 0.110 e. The summed E-state index contributed by atoms with van der Waals surface area (Å²) in [5.41, 5.74) is 2.29. The highest BCUT2D eigenvalue weighted by Crippen LogP contribution is 2.29. The summed E-state index contributed by atoms with van der Waals surface area (Å²) in [6, 6.07) is 12.3. The molecule has 0 bridgehead atoms. The quantitative estimate of drug-likeness (QED) is 0.914. The van der Waals surface area contributed by atoms with Crippen LogP contribution in [-0.4, -0.2) is 13.2 Å². The second-order valence-electron chi connectivity index (χ2n) is 5.24. The van der Waals surface area contributed by atoms with Crippen molar-refractivity contribution in [1.29, 1.82) is 0 Å². The predicted octanol–water partition coefficient (Wildman–Crippen LogP) is 2.86. The van der Waals surface area contributed by atoms with Crippen molar-refractivity contribution in [2.75, 3.05) is 13.2 Å². The van der Waals surface area contributed by atoms with Crippen LogP contribution in [0.15, 0.2) is 47.1 Å². The lowest BCUT2D eigenvalue weighted by Crippen LogP contribution is -2.47. The third-order valence-electron chi connectivity index (χ3n) is 3.71. The van der Waals surface area contributed by atoms with Crippen LogP contribution in [0.1, 0.15) is 23.8 Å². The minimum Gasteiger partial charge on any atom is -0.469 e. The summed E-state index contributed by atoms with van der Waals surface area (Å²) in [6.07, 6.45) is 2.73. The third kappa shape index (κ3) is 2.57. The van der Waals surface area contributed by atoms with Crippen LogP contribution in [0, 0.1) is 0 Å². The molecule has 2 aromatic rings. The molecule has 0 saturated carbocycles. The van der Waals surface area contributed by atoms with E-state index < -0.39 is 0 Å². The molecule has 1 aromatic heterocycles. The molecule has 1 N–H and O–H groups in total. The molecule has 1 unspecified atom stereocenters. The number of rotatable bonds is 4. The fourth-order valence-electron chi connectivity index (χ4n) is 2.65. The van der Waals surface area contributed by atoms with Gasteiger partial charge >= 0.3 is 0 Å². The van der Waals surface area contributed by atoms with Gasteiger partial charge in [-0.1, -0.05) is 30.3 Å². The van der Waals surface area contributed by atoms with Crippen LogP contribution in [0.5, 0.6) is 0 Å². The standard InChI is InChI=1S/C16H19NO2/c1-16(12-18-11-13-5-3-2-4-6-13)14-8-10-19-15(14)7-9-17-16/h2-6,8,10,17H,7,9,11-12H2,1H3. The Morgan fingerprint density at radius 2 is 2.11 bits per heavy atom. The number of fused-ring (bicyclic) bond motifs is 1. The Labute approximate surface area is 113 Å². The molecule has 0 aliphatic carbocycles. The molecule has 0 spiro atoms. The van der Waals surface area contributed by atoms with Crippen molar-refractivity contribution in [2.24, 2.45) is 0 Å². The normalized spacial score (nSPS) is 22.2. The Hall–Kier alpha value is -1.58. The summed E-state index contributed by atoms with van der Waals surface area (Å²) in [4.78, 5) is 0. The number of hydrogen-bond donors (Lipinski definition) is 1. The van der Waals surface area contributed by atoms with E-state index in [9.17, 15) is 0 Å². The van der Waals surface area contributed by atoms with Crippen molar-refractivity contribution in [3.8, 4) is 0 Å². The Balaban J connectivity index is 1.64. The lowest BCUT2D eigenvalue weighted by Gasteiger charge is -2.34. The minimum atomic E-state index is -0.143. The van der Waals surface area contributed by atoms with E-state index >= 15 is 0 Å². The van der Waals surface area contributed by atoms with E-state index in [0.717, 1.165) is 18.7 Å². The molecule has 100 valence electrons. The summed E-state index contributed by atoms with van der Waals surface area (Å²) in [5, 5.41) is 3.54. The zero-order valence-corrected chi connectivity index (χ0v) is 11.2. The van der Waals surface area contributed by atoms with Crippen LogP contribution in [-0.2, 0) is 23.3 Å². The molecule has 0 saturated heterocycles. The summed E-state index contributed by atoms with van der Waals surface area (Å²) in [5.74, 6) is 1.09. The molecule has 1 aliphatic rings. The third-order valence-corrected chi connectivity index (χ3v) is 3.71. The molecule has 3 rings (SSSR count). The van der Waals surface area contributed by atoms with Gasteiger partial charge in [-0.3, -0.25) is 0 Å². The van der Waals surface area contributed by atoms with Gasteiger partial charge in [-0.2, -0.15) is 0 Å². The van der Waals surface area contributed by atoms with Crippen molar-refractivity contribution in [1.82, 2.24) is 5.32 Å². The first-order chi connectivity index (χ1) is 9.28. The maximum absolute atomic E-state index is 5.88. The van der Waals surface area contributed by atoms with E-state index in [1.165, 1.54) is 11.1 Å². The van der Waals surface area contributed by atoms with Crippen LogP contribution in [0.4, 0.5) is 0 Å². The molecular formula is C16H19NO2. The van der Waals surface area contributed by atoms with Crippen molar-refractivity contribution >= 4 is 0 Å². The first kappa shape index (κ1) is 12.5. The predicted molar refractivity (Wildman–Crippen MR) is 73.9 cm³/mol. The highest BCUT2D eigenvalue weighted by molar-refractivity contribution is 5.29. The fraction of sp³-hybridized carbons (Fsp3) is 0.375. The lowest BCUT2D eigenvalue weighted by molar-refractivity contribution is 0.0593. The Morgan fingerprint density at radius 1 is 1.26 bits per heavy atom. The van der Waals surface area contributed by atoms with Gasteiger partial charge in [0.1, 0.15) is 5.76 Å². The Morgan fingerprint density at radius 3 is 2.95 bits per heavy atom. The number of ether oxygens (including phenoxy) is 1. The summed E-state index contributed by atoms with van der Waals surface area (Å²) >= 11 is 0. The van der Waals surface area contributed by atoms with E-state index in [0.29, 0.717) is 13.2 Å². The molecule has 3 nitrogen and oxygen atoms in total. The molecule has 1 atom stereocenters. The summed E-state index contributed by atoms with van der Waals surface area (Å²) < 4.78 is 11.4. The van der Waals surface area contributed by atoms with Gasteiger partial charge in [-0.05, 0) is 18.6 Å². The summed E-state index contributed by atoms with van der Waals surface area (Å²) in [6.45, 7) is 4.40. The lowest BCUT2D eigenvalue weighted by atomic mass is 9.89. The van der Waals surface area contributed by atoms with Crippen LogP contribution >= 0.6 is 0 Å². The molecule has 0 radical (unpaired) electrons. The molecule has 0 fully saturated rings. The van der Waals surface area contributed by atoms with E-state index in [1.807, 2.05) is 24.3 Å². The van der Waals surface area contributed by atoms with Gasteiger partial charge in [0.15, 0.2) is 0 Å². The first-order valence-electron chi connectivity index (χ1n) is 6.71. The van der Waals surface area contributed by atoms with Gasteiger partial charge < -0.3 is 14.5 Å². The monoisotopic (exact) mass is 257 g/mol. The summed E-state index contributed by atoms with van der Waals surface area (Å²) in [7, 11) is 0. The molecule has 19 heavy (non-hydrogen) atoms. The molecule has 1 aromatic carbocycles. The molecular weight excluding hydrogens is 238 g/mol. The number of hydrogen-bond acceptors (Lipinski definition) is 3. The molecule has 0 amide bonds. The number of nitrogens with one attached hydrogen (secondary N) is 1. The first-order valence-corrected chi connectivity index (χ1v) is 6.71. The topological polar surface area (TPSA) is 34.4 Å². The Bertz CT molecular complexity index is 535. The van der Waals surface area contributed by atoms with Gasteiger partial charge in [-0.15, -0.1) is 0 Å². The fourth-order valence-corrected chi connectivity index (χ4v) is 2.65. The van der Waals surface area contributed by atoms with Gasteiger partial charge in [0.05, 0.1) is 25.0 Å². The van der Waals surface area contributed by atoms with Crippen LogP contribution in [0.25, 0.3) is 0 Å². The van der Waals surface area contributed by atoms with Crippen molar-refractivity contribution in [2.45, 2.75) is 25.5 Å². The van der Waals surface area contributed by atoms with Crippen LogP contribution in [0.3, 0.4) is 0 Å². The second-order valence-corrected chi connectivity index (χ2v) is 5.24. The van der Waals surface area contributed by atoms with Gasteiger partial charge in [0, 0.05) is 18.5 Å². The van der Waals surface area contributed by atoms with E-state index in [2.05, 4.69) is 24.4 Å². The van der Waals surface area contributed by atoms with Gasteiger partial charge in [0.2, 0.25) is 0 Å². The Kier molecular flexibility index (Phi) is 3.40. The average molecular weight is 257 g/mol. The van der Waals surface area contributed by atoms with Gasteiger partial charge in [0.25, 0.3) is 0 Å². The van der Waals surface area contributed by atoms with E-state index in [1.54, 1.807) is 6.26 Å². The largest absolute Gasteiger partial charge is 0.469 e. The average Bonchev–Trinajstić information content (AvgIpc) is 2.90. The zero-order valence-electron chi connectivity index (χ0n) is 11.2. The van der Waals surface area contributed by atoms with Crippen LogP contribution < -0.4 is 5.32 Å². The highest BCUT2D eigenvalue weighted by atomic mass is 16.5. The second kappa shape index (κ2) is 5.19. The SMILES string of the molecule is CC1(COCc2ccccc2)NCCc2occc21. The van der Waals surface area contributed by atoms with E-state index in [4.69, 9.17) is 9.15 Å². The van der Waals surface area contributed by atoms with Crippen molar-refractivity contribution in [3.05, 3.63) is 59.5 Å². The zero-order chi connectivity index (χ0) is 13.1. The van der Waals surface area contributed by atoms with Crippen LogP contribution in [0.2, 0.25) is 0 Å². The number of furan rings is 1. The maximum Gasteiger partial charge on any atom is 0.110 e. The molecule has 1 aliphatic heterocycles. The number of benzene rings is 1. The van der Waals surface area contributed by atoms with Gasteiger partial charge in [-0.25, -0.2) is 0 Å². The van der Waals surface area contributed by atoms with Crippen molar-refractivity contribution in [3.63, 3.8) is 0 Å². The highest BCUT2D eigenvalue weighted by Gasteiger charge is 2.33. The molecule has 2 heterocycles. The minimum absolute atomic E-state index is 0.143. The maximum atomic E-state index is 5.88. The molecule has 3 heteroatoms. The van der Waals surface area contributed by atoms with Crippen molar-refractivity contribution < 1.29 is 9.15 Å². The van der Waals surface area contributed by atoms with E-state index in [-0.39, 0.29) is 5.54 Å².